The first-order valence-electron chi connectivity index (χ1n) is 5.56. The first kappa shape index (κ1) is 11.3. The molecule has 0 bridgehead atoms. The Labute approximate surface area is 107 Å². The lowest BCUT2D eigenvalue weighted by atomic mass is 10.2. The number of benzene rings is 1. The molecule has 0 spiro atoms. The van der Waals surface area contributed by atoms with E-state index in [2.05, 4.69) is 4.98 Å². The van der Waals surface area contributed by atoms with Crippen molar-refractivity contribution in [2.24, 2.45) is 0 Å². The smallest absolute Gasteiger partial charge is 0.337 e. The molecular formula is C14H9NO4. The van der Waals surface area contributed by atoms with E-state index in [0.29, 0.717) is 17.0 Å². The summed E-state index contributed by atoms with van der Waals surface area (Å²) in [6.45, 7) is 0. The molecule has 0 saturated heterocycles. The molecule has 5 heteroatoms. The highest BCUT2D eigenvalue weighted by Gasteiger charge is 2.11. The number of phenolic OH excluding ortho intramolecular Hbond substituents is 1. The second-order valence-corrected chi connectivity index (χ2v) is 4.04. The zero-order chi connectivity index (χ0) is 13.4. The lowest BCUT2D eigenvalue weighted by molar-refractivity contribution is 0.0696. The SMILES string of the molecule is O=C(O)c1ccc(-c2cc3cccc(O)c3o2)nc1. The van der Waals surface area contributed by atoms with E-state index in [1.54, 1.807) is 18.2 Å². The summed E-state index contributed by atoms with van der Waals surface area (Å²) in [6.07, 6.45) is 1.27. The number of para-hydroxylation sites is 1. The number of aromatic hydroxyl groups is 1. The Morgan fingerprint density at radius 1 is 1.21 bits per heavy atom. The lowest BCUT2D eigenvalue weighted by Crippen LogP contribution is -1.96. The number of hydrogen-bond donors (Lipinski definition) is 2. The Hall–Kier alpha value is -2.82. The third-order valence-electron chi connectivity index (χ3n) is 2.79. The van der Waals surface area contributed by atoms with Gasteiger partial charge in [-0.05, 0) is 24.3 Å². The summed E-state index contributed by atoms with van der Waals surface area (Å²) in [5.74, 6) is -0.486. The first-order valence-corrected chi connectivity index (χ1v) is 5.56. The van der Waals surface area contributed by atoms with Gasteiger partial charge in [0.1, 0.15) is 5.69 Å². The van der Waals surface area contributed by atoms with Crippen LogP contribution in [-0.2, 0) is 0 Å². The number of nitrogens with zero attached hydrogens (tertiary/aromatic N) is 1. The molecule has 3 rings (SSSR count). The van der Waals surface area contributed by atoms with Gasteiger partial charge in [0.15, 0.2) is 17.1 Å². The zero-order valence-corrected chi connectivity index (χ0v) is 9.70. The normalized spacial score (nSPS) is 10.7. The fraction of sp³-hybridized carbons (Fsp3) is 0. The van der Waals surface area contributed by atoms with Crippen LogP contribution in [0, 0.1) is 0 Å². The van der Waals surface area contributed by atoms with E-state index in [-0.39, 0.29) is 11.3 Å². The Morgan fingerprint density at radius 2 is 2.05 bits per heavy atom. The van der Waals surface area contributed by atoms with E-state index in [4.69, 9.17) is 9.52 Å². The maximum atomic E-state index is 10.7. The monoisotopic (exact) mass is 255 g/mol. The second kappa shape index (κ2) is 4.13. The fourth-order valence-corrected chi connectivity index (χ4v) is 1.84. The number of fused-ring (bicyclic) bond motifs is 1. The van der Waals surface area contributed by atoms with Crippen molar-refractivity contribution in [1.29, 1.82) is 0 Å². The van der Waals surface area contributed by atoms with Crippen LogP contribution in [0.4, 0.5) is 0 Å². The van der Waals surface area contributed by atoms with Gasteiger partial charge in [-0.1, -0.05) is 12.1 Å². The molecule has 0 aliphatic heterocycles. The summed E-state index contributed by atoms with van der Waals surface area (Å²) in [5, 5.41) is 19.2. The van der Waals surface area contributed by atoms with E-state index in [0.717, 1.165) is 5.39 Å². The number of aromatic carboxylic acids is 1. The van der Waals surface area contributed by atoms with Crippen LogP contribution in [0.5, 0.6) is 5.75 Å². The van der Waals surface area contributed by atoms with Crippen molar-refractivity contribution in [3.05, 3.63) is 48.2 Å². The molecule has 94 valence electrons. The van der Waals surface area contributed by atoms with E-state index < -0.39 is 5.97 Å². The van der Waals surface area contributed by atoms with Crippen LogP contribution < -0.4 is 0 Å². The number of hydrogen-bond acceptors (Lipinski definition) is 4. The van der Waals surface area contributed by atoms with Gasteiger partial charge in [-0.2, -0.15) is 0 Å². The predicted molar refractivity (Wildman–Crippen MR) is 68.1 cm³/mol. The minimum absolute atomic E-state index is 0.0610. The Morgan fingerprint density at radius 3 is 2.68 bits per heavy atom. The molecule has 5 nitrogen and oxygen atoms in total. The minimum atomic E-state index is -1.03. The summed E-state index contributed by atoms with van der Waals surface area (Å²) in [4.78, 5) is 14.8. The van der Waals surface area contributed by atoms with Crippen LogP contribution in [0.3, 0.4) is 0 Å². The van der Waals surface area contributed by atoms with Crippen molar-refractivity contribution in [2.75, 3.05) is 0 Å². The topological polar surface area (TPSA) is 83.6 Å². The average Bonchev–Trinajstić information content (AvgIpc) is 2.84. The number of phenols is 1. The molecule has 1 aromatic carbocycles. The maximum Gasteiger partial charge on any atom is 0.337 e. The van der Waals surface area contributed by atoms with Gasteiger partial charge in [-0.3, -0.25) is 4.98 Å². The molecule has 2 N–H and O–H groups in total. The van der Waals surface area contributed by atoms with Crippen molar-refractivity contribution in [2.45, 2.75) is 0 Å². The minimum Gasteiger partial charge on any atom is -0.504 e. The van der Waals surface area contributed by atoms with Crippen molar-refractivity contribution in [3.63, 3.8) is 0 Å². The fourth-order valence-electron chi connectivity index (χ4n) is 1.84. The van der Waals surface area contributed by atoms with Crippen molar-refractivity contribution in [1.82, 2.24) is 4.98 Å². The Kier molecular flexibility index (Phi) is 2.45. The maximum absolute atomic E-state index is 10.7. The van der Waals surface area contributed by atoms with Gasteiger partial charge >= 0.3 is 5.97 Å². The molecule has 0 atom stereocenters. The van der Waals surface area contributed by atoms with Crippen LogP contribution >= 0.6 is 0 Å². The van der Waals surface area contributed by atoms with Crippen LogP contribution in [-0.4, -0.2) is 21.2 Å². The third kappa shape index (κ3) is 1.91. The van der Waals surface area contributed by atoms with Gasteiger partial charge in [0.25, 0.3) is 0 Å². The van der Waals surface area contributed by atoms with Gasteiger partial charge < -0.3 is 14.6 Å². The number of rotatable bonds is 2. The van der Waals surface area contributed by atoms with E-state index in [1.165, 1.54) is 18.3 Å². The summed E-state index contributed by atoms with van der Waals surface area (Å²) in [7, 11) is 0. The number of furan rings is 1. The number of carbonyl (C=O) groups is 1. The summed E-state index contributed by atoms with van der Waals surface area (Å²) in [6, 6.07) is 9.84. The highest BCUT2D eigenvalue weighted by Crippen LogP contribution is 2.31. The molecule has 0 fully saturated rings. The van der Waals surface area contributed by atoms with E-state index in [1.807, 2.05) is 6.07 Å². The number of aromatic nitrogens is 1. The Balaban J connectivity index is 2.09. The molecule has 3 aromatic rings. The molecule has 0 saturated carbocycles. The van der Waals surface area contributed by atoms with E-state index in [9.17, 15) is 9.90 Å². The molecular weight excluding hydrogens is 246 g/mol. The standard InChI is InChI=1S/C14H9NO4/c16-11-3-1-2-8-6-12(19-13(8)11)10-5-4-9(7-15-10)14(17)18/h1-7,16H,(H,17,18). The van der Waals surface area contributed by atoms with Crippen molar-refractivity contribution >= 4 is 16.9 Å². The highest BCUT2D eigenvalue weighted by molar-refractivity contribution is 5.88. The lowest BCUT2D eigenvalue weighted by Gasteiger charge is -1.97. The van der Waals surface area contributed by atoms with E-state index >= 15 is 0 Å². The van der Waals surface area contributed by atoms with Gasteiger partial charge in [-0.25, -0.2) is 4.79 Å². The van der Waals surface area contributed by atoms with Crippen molar-refractivity contribution < 1.29 is 19.4 Å². The molecule has 0 aliphatic carbocycles. The molecule has 0 amide bonds. The molecule has 0 radical (unpaired) electrons. The van der Waals surface area contributed by atoms with Gasteiger partial charge in [-0.15, -0.1) is 0 Å². The highest BCUT2D eigenvalue weighted by atomic mass is 16.4. The van der Waals surface area contributed by atoms with Crippen molar-refractivity contribution in [3.8, 4) is 17.2 Å². The molecule has 0 aliphatic rings. The number of carboxylic acids is 1. The van der Waals surface area contributed by atoms with Crippen LogP contribution in [0.2, 0.25) is 0 Å². The number of carboxylic acid groups (broad SMARTS) is 1. The summed E-state index contributed by atoms with van der Waals surface area (Å²) >= 11 is 0. The molecule has 2 heterocycles. The average molecular weight is 255 g/mol. The van der Waals surface area contributed by atoms with Crippen LogP contribution in [0.25, 0.3) is 22.4 Å². The third-order valence-corrected chi connectivity index (χ3v) is 2.79. The zero-order valence-electron chi connectivity index (χ0n) is 9.70. The van der Waals surface area contributed by atoms with Crippen LogP contribution in [0.15, 0.2) is 47.0 Å². The molecule has 19 heavy (non-hydrogen) atoms. The Bertz CT molecular complexity index is 759. The number of pyridine rings is 1. The molecule has 0 unspecified atom stereocenters. The van der Waals surface area contributed by atoms with Crippen LogP contribution in [0.1, 0.15) is 10.4 Å². The van der Waals surface area contributed by atoms with Gasteiger partial charge in [0, 0.05) is 11.6 Å². The summed E-state index contributed by atoms with van der Waals surface area (Å²) in [5.41, 5.74) is 1.02. The van der Waals surface area contributed by atoms with Gasteiger partial charge in [0.2, 0.25) is 0 Å². The largest absolute Gasteiger partial charge is 0.504 e. The first-order chi connectivity index (χ1) is 9.15. The van der Waals surface area contributed by atoms with Gasteiger partial charge in [0.05, 0.1) is 5.56 Å². The second-order valence-electron chi connectivity index (χ2n) is 4.04. The summed E-state index contributed by atoms with van der Waals surface area (Å²) < 4.78 is 5.53. The molecule has 2 aromatic heterocycles. The predicted octanol–water partition coefficient (Wildman–Crippen LogP) is 2.90. The quantitative estimate of drug-likeness (QED) is 0.735.